The summed E-state index contributed by atoms with van der Waals surface area (Å²) in [6.45, 7) is 4.50. The number of aryl methyl sites for hydroxylation is 1. The molecule has 0 spiro atoms. The monoisotopic (exact) mass is 265 g/mol. The molecule has 2 aromatic heterocycles. The van der Waals surface area contributed by atoms with Crippen molar-refractivity contribution in [2.75, 3.05) is 0 Å². The summed E-state index contributed by atoms with van der Waals surface area (Å²) in [6.07, 6.45) is 5.80. The van der Waals surface area contributed by atoms with E-state index in [1.807, 2.05) is 30.6 Å². The van der Waals surface area contributed by atoms with Gasteiger partial charge in [-0.25, -0.2) is 4.98 Å². The van der Waals surface area contributed by atoms with E-state index in [2.05, 4.69) is 41.6 Å². The van der Waals surface area contributed by atoms with Crippen LogP contribution >= 0.6 is 0 Å². The van der Waals surface area contributed by atoms with E-state index in [-0.39, 0.29) is 0 Å². The van der Waals surface area contributed by atoms with Gasteiger partial charge in [0.25, 0.3) is 0 Å². The predicted octanol–water partition coefficient (Wildman–Crippen LogP) is 4.01. The number of aromatic nitrogens is 3. The molecule has 0 N–H and O–H groups in total. The molecular formula is C17H19N3. The molecule has 3 heteroatoms. The minimum atomic E-state index is 0.681. The van der Waals surface area contributed by atoms with E-state index >= 15 is 0 Å². The Hall–Kier alpha value is -2.16. The first-order chi connectivity index (χ1) is 9.75. The zero-order valence-corrected chi connectivity index (χ0v) is 12.0. The fourth-order valence-electron chi connectivity index (χ4n) is 2.44. The Kier molecular flexibility index (Phi) is 3.50. The number of hydrogen-bond acceptors (Lipinski definition) is 2. The molecule has 0 bridgehead atoms. The summed E-state index contributed by atoms with van der Waals surface area (Å²) >= 11 is 0. The molecule has 0 amide bonds. The zero-order chi connectivity index (χ0) is 13.9. The van der Waals surface area contributed by atoms with E-state index in [1.165, 1.54) is 0 Å². The van der Waals surface area contributed by atoms with E-state index in [0.29, 0.717) is 5.92 Å². The molecule has 20 heavy (non-hydrogen) atoms. The van der Waals surface area contributed by atoms with Crippen LogP contribution in [0.1, 0.15) is 26.1 Å². The third kappa shape index (κ3) is 2.44. The molecule has 0 saturated carbocycles. The Morgan fingerprint density at radius 3 is 2.55 bits per heavy atom. The van der Waals surface area contributed by atoms with Crippen LogP contribution in [-0.4, -0.2) is 14.5 Å². The van der Waals surface area contributed by atoms with Crippen molar-refractivity contribution < 1.29 is 0 Å². The van der Waals surface area contributed by atoms with Crippen LogP contribution in [0.25, 0.3) is 16.7 Å². The van der Waals surface area contributed by atoms with Crippen molar-refractivity contribution in [2.45, 2.75) is 26.7 Å². The number of nitrogens with zero attached hydrogens (tertiary/aromatic N) is 3. The first-order valence-electron chi connectivity index (χ1n) is 7.12. The summed E-state index contributed by atoms with van der Waals surface area (Å²) in [5, 5.41) is 0. The number of rotatable bonds is 4. The van der Waals surface area contributed by atoms with Gasteiger partial charge in [-0.15, -0.1) is 0 Å². The third-order valence-electron chi connectivity index (χ3n) is 3.50. The molecule has 0 aliphatic rings. The second-order valence-electron chi connectivity index (χ2n) is 5.49. The molecule has 2 heterocycles. The van der Waals surface area contributed by atoms with Crippen molar-refractivity contribution in [3.05, 3.63) is 54.6 Å². The third-order valence-corrected chi connectivity index (χ3v) is 3.50. The number of para-hydroxylation sites is 2. The van der Waals surface area contributed by atoms with E-state index in [0.717, 1.165) is 35.4 Å². The molecule has 3 rings (SSSR count). The average molecular weight is 265 g/mol. The van der Waals surface area contributed by atoms with Crippen LogP contribution in [-0.2, 0) is 6.42 Å². The molecule has 0 aliphatic heterocycles. The molecule has 0 unspecified atom stereocenters. The smallest absolute Gasteiger partial charge is 0.114 e. The van der Waals surface area contributed by atoms with E-state index in [4.69, 9.17) is 4.98 Å². The topological polar surface area (TPSA) is 30.7 Å². The summed E-state index contributed by atoms with van der Waals surface area (Å²) in [6, 6.07) is 12.4. The maximum atomic E-state index is 4.80. The van der Waals surface area contributed by atoms with Gasteiger partial charge in [-0.1, -0.05) is 26.0 Å². The Labute approximate surface area is 119 Å². The lowest BCUT2D eigenvalue weighted by Crippen LogP contribution is -2.03. The quantitative estimate of drug-likeness (QED) is 0.713. The van der Waals surface area contributed by atoms with E-state index in [1.54, 1.807) is 0 Å². The van der Waals surface area contributed by atoms with Gasteiger partial charge < -0.3 is 0 Å². The highest BCUT2D eigenvalue weighted by Gasteiger charge is 2.12. The van der Waals surface area contributed by atoms with Crippen molar-refractivity contribution in [3.8, 4) is 5.69 Å². The highest BCUT2D eigenvalue weighted by Crippen LogP contribution is 2.22. The summed E-state index contributed by atoms with van der Waals surface area (Å²) < 4.78 is 2.25. The second-order valence-corrected chi connectivity index (χ2v) is 5.49. The van der Waals surface area contributed by atoms with Crippen molar-refractivity contribution in [1.29, 1.82) is 0 Å². The highest BCUT2D eigenvalue weighted by atomic mass is 15.1. The normalized spacial score (nSPS) is 11.3. The van der Waals surface area contributed by atoms with Gasteiger partial charge in [0.2, 0.25) is 0 Å². The molecule has 0 saturated heterocycles. The molecule has 3 aromatic rings. The lowest BCUT2D eigenvalue weighted by molar-refractivity contribution is 0.572. The van der Waals surface area contributed by atoms with Crippen LogP contribution in [0, 0.1) is 5.92 Å². The Balaban J connectivity index is 2.13. The van der Waals surface area contributed by atoms with Crippen LogP contribution in [0.3, 0.4) is 0 Å². The van der Waals surface area contributed by atoms with Gasteiger partial charge in [0, 0.05) is 18.8 Å². The van der Waals surface area contributed by atoms with Crippen molar-refractivity contribution in [3.63, 3.8) is 0 Å². The summed E-state index contributed by atoms with van der Waals surface area (Å²) in [5.41, 5.74) is 3.35. The van der Waals surface area contributed by atoms with Gasteiger partial charge in [0.15, 0.2) is 0 Å². The second kappa shape index (κ2) is 5.45. The SMILES string of the molecule is CC(C)CCc1nc2ccccc2n1-c1ccncc1. The molecule has 1 aromatic carbocycles. The molecule has 0 atom stereocenters. The predicted molar refractivity (Wildman–Crippen MR) is 82.0 cm³/mol. The van der Waals surface area contributed by atoms with E-state index < -0.39 is 0 Å². The van der Waals surface area contributed by atoms with Gasteiger partial charge in [0.05, 0.1) is 16.7 Å². The number of benzene rings is 1. The standard InChI is InChI=1S/C17H19N3/c1-13(2)7-8-17-19-15-5-3-4-6-16(15)20(17)14-9-11-18-12-10-14/h3-6,9-13H,7-8H2,1-2H3. The largest absolute Gasteiger partial charge is 0.296 e. The Morgan fingerprint density at radius 1 is 1.05 bits per heavy atom. The van der Waals surface area contributed by atoms with Gasteiger partial charge in [-0.05, 0) is 36.6 Å². The molecular weight excluding hydrogens is 246 g/mol. The maximum absolute atomic E-state index is 4.80. The van der Waals surface area contributed by atoms with Crippen molar-refractivity contribution in [1.82, 2.24) is 14.5 Å². The Bertz CT molecular complexity index is 699. The minimum absolute atomic E-state index is 0.681. The zero-order valence-electron chi connectivity index (χ0n) is 12.0. The molecule has 0 aliphatic carbocycles. The first kappa shape index (κ1) is 12.9. The molecule has 0 fully saturated rings. The van der Waals surface area contributed by atoms with Crippen LogP contribution < -0.4 is 0 Å². The fourth-order valence-corrected chi connectivity index (χ4v) is 2.44. The van der Waals surface area contributed by atoms with Crippen molar-refractivity contribution >= 4 is 11.0 Å². The lowest BCUT2D eigenvalue weighted by Gasteiger charge is -2.10. The van der Waals surface area contributed by atoms with Gasteiger partial charge in [0.1, 0.15) is 5.82 Å². The summed E-state index contributed by atoms with van der Waals surface area (Å²) in [5.74, 6) is 1.81. The van der Waals surface area contributed by atoms with Crippen LogP contribution in [0.5, 0.6) is 0 Å². The minimum Gasteiger partial charge on any atom is -0.296 e. The van der Waals surface area contributed by atoms with Gasteiger partial charge >= 0.3 is 0 Å². The molecule has 0 radical (unpaired) electrons. The molecule has 102 valence electrons. The number of pyridine rings is 1. The highest BCUT2D eigenvalue weighted by molar-refractivity contribution is 5.78. The number of hydrogen-bond donors (Lipinski definition) is 0. The number of fused-ring (bicyclic) bond motifs is 1. The van der Waals surface area contributed by atoms with Crippen LogP contribution in [0.15, 0.2) is 48.8 Å². The van der Waals surface area contributed by atoms with E-state index in [9.17, 15) is 0 Å². The maximum Gasteiger partial charge on any atom is 0.114 e. The Morgan fingerprint density at radius 2 is 1.80 bits per heavy atom. The average Bonchev–Trinajstić information content (AvgIpc) is 2.84. The first-order valence-corrected chi connectivity index (χ1v) is 7.12. The molecule has 3 nitrogen and oxygen atoms in total. The van der Waals surface area contributed by atoms with Crippen LogP contribution in [0.4, 0.5) is 0 Å². The summed E-state index contributed by atoms with van der Waals surface area (Å²) in [7, 11) is 0. The number of imidazole rings is 1. The fraction of sp³-hybridized carbons (Fsp3) is 0.294. The lowest BCUT2D eigenvalue weighted by atomic mass is 10.1. The van der Waals surface area contributed by atoms with Crippen LogP contribution in [0.2, 0.25) is 0 Å². The van der Waals surface area contributed by atoms with Gasteiger partial charge in [-0.3, -0.25) is 9.55 Å². The van der Waals surface area contributed by atoms with Crippen molar-refractivity contribution in [2.24, 2.45) is 5.92 Å². The van der Waals surface area contributed by atoms with Gasteiger partial charge in [-0.2, -0.15) is 0 Å². The summed E-state index contributed by atoms with van der Waals surface area (Å²) in [4.78, 5) is 8.91.